The van der Waals surface area contributed by atoms with Crippen LogP contribution < -0.4 is 34.4 Å². The molecule has 18 heavy (non-hydrogen) atoms. The van der Waals surface area contributed by atoms with Crippen molar-refractivity contribution in [1.82, 2.24) is 0 Å². The number of hydrogen-bond acceptors (Lipinski definition) is 2. The van der Waals surface area contributed by atoms with Gasteiger partial charge in [0.15, 0.2) is 5.75 Å². The van der Waals surface area contributed by atoms with Gasteiger partial charge in [0.05, 0.1) is 6.61 Å². The molecule has 0 N–H and O–H groups in total. The fraction of sp³-hybridized carbons (Fsp3) is 0.600. The van der Waals surface area contributed by atoms with Crippen LogP contribution >= 0.6 is 0 Å². The summed E-state index contributed by atoms with van der Waals surface area (Å²) in [5.41, 5.74) is 0. The summed E-state index contributed by atoms with van der Waals surface area (Å²) in [6, 6.07) is 9.62. The van der Waals surface area contributed by atoms with Gasteiger partial charge in [-0.1, -0.05) is 63.6 Å². The number of unbranched alkanes of at least 4 members (excludes halogenated alkanes) is 6. The van der Waals surface area contributed by atoms with E-state index in [0.717, 1.165) is 12.2 Å². The molecule has 98 valence electrons. The van der Waals surface area contributed by atoms with Crippen LogP contribution in [0.1, 0.15) is 53.3 Å². The maximum Gasteiger partial charge on any atom is 1.00 e. The summed E-state index contributed by atoms with van der Waals surface area (Å²) in [5, 5.41) is 0. The van der Waals surface area contributed by atoms with Gasteiger partial charge in [0, 0.05) is 0 Å². The number of hydrogen-bond donors (Lipinski definition) is 0. The van der Waals surface area contributed by atoms with E-state index in [9.17, 15) is 0 Å². The second-order valence-electron chi connectivity index (χ2n) is 4.34. The van der Waals surface area contributed by atoms with E-state index in [1.54, 1.807) is 0 Å². The summed E-state index contributed by atoms with van der Waals surface area (Å²) >= 11 is 0. The second kappa shape index (κ2) is 13.4. The van der Waals surface area contributed by atoms with Gasteiger partial charge in [-0.15, -0.1) is 0 Å². The summed E-state index contributed by atoms with van der Waals surface area (Å²) in [5.74, 6) is 0.774. The van der Waals surface area contributed by atoms with Crippen molar-refractivity contribution >= 4 is 0 Å². The molecular formula is C15H25NaO2. The molecule has 0 amide bonds. The van der Waals surface area contributed by atoms with Gasteiger partial charge >= 0.3 is 29.6 Å². The van der Waals surface area contributed by atoms with E-state index in [4.69, 9.17) is 9.78 Å². The van der Waals surface area contributed by atoms with Crippen LogP contribution in [-0.2, 0) is 4.89 Å². The van der Waals surface area contributed by atoms with Crippen molar-refractivity contribution < 1.29 is 40.8 Å². The maximum absolute atomic E-state index is 5.15. The van der Waals surface area contributed by atoms with Crippen molar-refractivity contribution in [2.24, 2.45) is 0 Å². The van der Waals surface area contributed by atoms with E-state index in [1.165, 1.54) is 38.5 Å². The van der Waals surface area contributed by atoms with E-state index in [2.05, 4.69) is 6.92 Å². The first-order valence-electron chi connectivity index (χ1n) is 6.78. The quantitative estimate of drug-likeness (QED) is 0.277. The molecule has 1 aromatic carbocycles. The van der Waals surface area contributed by atoms with Crippen molar-refractivity contribution in [3.05, 3.63) is 30.3 Å². The Morgan fingerprint density at radius 2 is 1.50 bits per heavy atom. The standard InChI is InChI=1S/C15H24O2.Na.H/c1-2-3-4-5-6-7-11-14-16-17-15-12-9-8-10-13-15;;/h8-10,12-13H,2-7,11,14H2,1H3;;/q;+1;-1. The molecule has 0 aliphatic rings. The average Bonchev–Trinajstić information content (AvgIpc) is 2.38. The van der Waals surface area contributed by atoms with Gasteiger partial charge in [0.2, 0.25) is 0 Å². The largest absolute Gasteiger partial charge is 1.00 e. The van der Waals surface area contributed by atoms with Gasteiger partial charge in [0.25, 0.3) is 0 Å². The number of rotatable bonds is 10. The van der Waals surface area contributed by atoms with Crippen LogP contribution in [0.2, 0.25) is 0 Å². The van der Waals surface area contributed by atoms with Crippen LogP contribution in [0.3, 0.4) is 0 Å². The van der Waals surface area contributed by atoms with Gasteiger partial charge in [-0.3, -0.25) is 0 Å². The van der Waals surface area contributed by atoms with Crippen LogP contribution in [-0.4, -0.2) is 6.61 Å². The summed E-state index contributed by atoms with van der Waals surface area (Å²) in [6.45, 7) is 2.93. The molecule has 0 atom stereocenters. The van der Waals surface area contributed by atoms with Crippen molar-refractivity contribution in [1.29, 1.82) is 0 Å². The van der Waals surface area contributed by atoms with E-state index >= 15 is 0 Å². The van der Waals surface area contributed by atoms with Crippen LogP contribution in [0.5, 0.6) is 5.75 Å². The molecule has 0 heterocycles. The predicted molar refractivity (Wildman–Crippen MR) is 72.1 cm³/mol. The molecule has 0 aromatic heterocycles. The Morgan fingerprint density at radius 3 is 2.17 bits per heavy atom. The van der Waals surface area contributed by atoms with Gasteiger partial charge in [-0.05, 0) is 18.6 Å². The summed E-state index contributed by atoms with van der Waals surface area (Å²) in [4.78, 5) is 10.3. The molecule has 3 heteroatoms. The monoisotopic (exact) mass is 260 g/mol. The SMILES string of the molecule is CCCCCCCCCOOc1ccccc1.[H-].[Na+]. The van der Waals surface area contributed by atoms with Crippen molar-refractivity contribution in [3.8, 4) is 5.75 Å². The van der Waals surface area contributed by atoms with Crippen LogP contribution in [0, 0.1) is 0 Å². The summed E-state index contributed by atoms with van der Waals surface area (Å²) < 4.78 is 0. The number of benzene rings is 1. The zero-order valence-corrected chi connectivity index (χ0v) is 13.9. The van der Waals surface area contributed by atoms with E-state index in [1.807, 2.05) is 30.3 Å². The van der Waals surface area contributed by atoms with Crippen molar-refractivity contribution in [2.45, 2.75) is 51.9 Å². The molecule has 0 aliphatic heterocycles. The first kappa shape index (κ1) is 18.0. The molecule has 1 aromatic rings. The molecule has 0 fully saturated rings. The van der Waals surface area contributed by atoms with E-state index in [0.29, 0.717) is 6.61 Å². The zero-order valence-electron chi connectivity index (χ0n) is 12.9. The van der Waals surface area contributed by atoms with Gasteiger partial charge in [-0.25, -0.2) is 0 Å². The van der Waals surface area contributed by atoms with E-state index in [-0.39, 0.29) is 31.0 Å². The van der Waals surface area contributed by atoms with E-state index < -0.39 is 0 Å². The summed E-state index contributed by atoms with van der Waals surface area (Å²) in [6.07, 6.45) is 9.04. The Kier molecular flexibility index (Phi) is 13.4. The minimum Gasteiger partial charge on any atom is -1.00 e. The molecule has 0 spiro atoms. The number of para-hydroxylation sites is 1. The Morgan fingerprint density at radius 1 is 0.889 bits per heavy atom. The Hall–Kier alpha value is -0.0200. The molecule has 0 saturated heterocycles. The third kappa shape index (κ3) is 9.95. The zero-order chi connectivity index (χ0) is 12.2. The van der Waals surface area contributed by atoms with Gasteiger partial charge in [0.1, 0.15) is 0 Å². The second-order valence-corrected chi connectivity index (χ2v) is 4.34. The van der Waals surface area contributed by atoms with Gasteiger partial charge < -0.3 is 6.31 Å². The Balaban J connectivity index is 0. The molecular weight excluding hydrogens is 235 g/mol. The first-order chi connectivity index (χ1) is 8.43. The smallest absolute Gasteiger partial charge is 1.00 e. The fourth-order valence-corrected chi connectivity index (χ4v) is 1.70. The molecule has 0 saturated carbocycles. The van der Waals surface area contributed by atoms with Crippen LogP contribution in [0.4, 0.5) is 0 Å². The molecule has 0 bridgehead atoms. The third-order valence-electron chi connectivity index (χ3n) is 2.73. The summed E-state index contributed by atoms with van der Waals surface area (Å²) in [7, 11) is 0. The predicted octanol–water partition coefficient (Wildman–Crippen LogP) is 1.86. The minimum atomic E-state index is 0. The van der Waals surface area contributed by atoms with Crippen molar-refractivity contribution in [3.63, 3.8) is 0 Å². The van der Waals surface area contributed by atoms with Gasteiger partial charge in [-0.2, -0.15) is 4.89 Å². The normalized spacial score (nSPS) is 9.83. The first-order valence-corrected chi connectivity index (χ1v) is 6.78. The molecule has 0 unspecified atom stereocenters. The molecule has 2 nitrogen and oxygen atoms in total. The Bertz CT molecular complexity index is 270. The average molecular weight is 260 g/mol. The Labute approximate surface area is 135 Å². The maximum atomic E-state index is 5.15. The van der Waals surface area contributed by atoms with Crippen molar-refractivity contribution in [2.75, 3.05) is 6.61 Å². The topological polar surface area (TPSA) is 18.5 Å². The fourth-order valence-electron chi connectivity index (χ4n) is 1.70. The van der Waals surface area contributed by atoms with Crippen LogP contribution in [0.15, 0.2) is 30.3 Å². The third-order valence-corrected chi connectivity index (χ3v) is 2.73. The molecule has 1 rings (SSSR count). The molecule has 0 radical (unpaired) electrons. The molecule has 0 aliphatic carbocycles. The van der Waals surface area contributed by atoms with Crippen LogP contribution in [0.25, 0.3) is 0 Å². The minimum absolute atomic E-state index is 0.